The molecule has 20 nitrogen and oxygen atoms in total. The van der Waals surface area contributed by atoms with E-state index in [0.29, 0.717) is 91.5 Å². The van der Waals surface area contributed by atoms with Gasteiger partial charge >= 0.3 is 0 Å². The molecule has 4 aliphatic heterocycles. The van der Waals surface area contributed by atoms with Gasteiger partial charge in [0, 0.05) is 68.2 Å². The highest BCUT2D eigenvalue weighted by molar-refractivity contribution is 5.89. The van der Waals surface area contributed by atoms with E-state index in [1.165, 1.54) is 128 Å². The van der Waals surface area contributed by atoms with Crippen molar-refractivity contribution in [1.82, 2.24) is 0 Å². The molecule has 144 heavy (non-hydrogen) atoms. The maximum atomic E-state index is 10.3. The molecule has 0 radical (unpaired) electrons. The van der Waals surface area contributed by atoms with E-state index in [1.54, 1.807) is 97.1 Å². The van der Waals surface area contributed by atoms with Gasteiger partial charge in [-0.25, -0.2) is 0 Å². The van der Waals surface area contributed by atoms with E-state index in [4.69, 9.17) is 58.4 Å². The van der Waals surface area contributed by atoms with Gasteiger partial charge in [-0.1, -0.05) is 307 Å². The number of ether oxygens (including phenoxy) is 8. The first-order valence-corrected chi connectivity index (χ1v) is 54.1. The predicted octanol–water partition coefficient (Wildman–Crippen LogP) is 38.3. The first-order chi connectivity index (χ1) is 71.0. The van der Waals surface area contributed by atoms with Crippen molar-refractivity contribution in [3.05, 3.63) is 263 Å². The summed E-state index contributed by atoms with van der Waals surface area (Å²) in [5.74, 6) is 4.27. The molecular weight excluding hydrogens is 1790 g/mol. The number of hydrogen-bond donors (Lipinski definition) is 4. The molecule has 0 fully saturated rings. The van der Waals surface area contributed by atoms with Crippen LogP contribution in [0.5, 0.6) is 69.0 Å². The van der Waals surface area contributed by atoms with Crippen LogP contribution < -0.4 is 37.9 Å². The minimum Gasteiger partial charge on any atom is -0.508 e. The third-order valence-corrected chi connectivity index (χ3v) is 29.3. The largest absolute Gasteiger partial charge is 0.508 e. The Balaban J connectivity index is 0.977. The van der Waals surface area contributed by atoms with Crippen molar-refractivity contribution < 1.29 is 58.3 Å². The van der Waals surface area contributed by atoms with Crippen LogP contribution in [0, 0.1) is 0 Å². The number of phenols is 4. The average molecular weight is 1940 g/mol. The lowest BCUT2D eigenvalue weighted by Crippen LogP contribution is -2.24. The van der Waals surface area contributed by atoms with Crippen molar-refractivity contribution in [3.8, 4) is 114 Å². The second-order valence-corrected chi connectivity index (χ2v) is 39.7. The van der Waals surface area contributed by atoms with Crippen molar-refractivity contribution in [2.24, 2.45) is 40.9 Å². The van der Waals surface area contributed by atoms with E-state index >= 15 is 0 Å². The second kappa shape index (κ2) is 52.2. The fourth-order valence-corrected chi connectivity index (χ4v) is 21.6. The number of aromatic hydroxyl groups is 4. The van der Waals surface area contributed by atoms with Crippen LogP contribution in [0.25, 0.3) is 44.5 Å². The number of rotatable bonds is 52. The minimum atomic E-state index is -0.397. The Kier molecular flexibility index (Phi) is 37.0. The molecule has 4 heterocycles. The molecule has 0 atom stereocenters. The van der Waals surface area contributed by atoms with Crippen LogP contribution in [0.1, 0.15) is 353 Å². The number of unbranched alkanes of at least 4 members (excludes halogenated alkanes) is 32. The van der Waals surface area contributed by atoms with Gasteiger partial charge in [0.25, 0.3) is 0 Å². The standard InChI is InChI=1S/C124H144N8O12/c1-5-9-13-17-21-25-29-33-37-41-101-105-77-107-102(42-38-34-30-26-22-18-14-10-6-2)109-79-111-104(44-40-36-32-28-24-20-16-12-8-4)112-80-110-103(43-39-35-31-27-23-19-15-11-7-3)108-78-106(101)118-114(86-47-55-90(56-48-86)126-130-94-63-71-98(134)72-64-94)120(108)140-83-142-122(110)116(88-51-59-92(60-52-88)128-132-96-67-75-100(136)76-68-96)124(112)144-84-143-123(111)115(87-49-57-91(58-50-87)127-131-95-65-73-99(135)74-66-95)121(109)141-82-139-119(107)113(117(105)137-81-138-118)85-45-53-89(54-46-85)125-129-93-61-69-97(133)70-62-93/h45-80,101-104,133-136H,5-44,81-84H2,1-4H3. The molecule has 1 aliphatic carbocycles. The summed E-state index contributed by atoms with van der Waals surface area (Å²) in [6, 6.07) is 70.1. The summed E-state index contributed by atoms with van der Waals surface area (Å²) in [4.78, 5) is 0. The van der Waals surface area contributed by atoms with Crippen LogP contribution in [-0.2, 0) is 0 Å². The fourth-order valence-electron chi connectivity index (χ4n) is 21.6. The molecule has 0 saturated carbocycles. The maximum Gasteiger partial charge on any atom is 0.230 e. The van der Waals surface area contributed by atoms with Gasteiger partial charge in [-0.15, -0.1) is 0 Å². The maximum absolute atomic E-state index is 10.3. The minimum absolute atomic E-state index is 0.149. The number of phenolic OH excluding ortho intramolecular Hbond substituents is 4. The highest BCUT2D eigenvalue weighted by atomic mass is 16.7. The van der Waals surface area contributed by atoms with Crippen molar-refractivity contribution in [1.29, 1.82) is 0 Å². The fraction of sp³-hybridized carbons (Fsp3) is 0.419. The van der Waals surface area contributed by atoms with Crippen molar-refractivity contribution >= 4 is 45.5 Å². The van der Waals surface area contributed by atoms with Crippen LogP contribution >= 0.6 is 0 Å². The predicted molar refractivity (Wildman–Crippen MR) is 576 cm³/mol. The van der Waals surface area contributed by atoms with Gasteiger partial charge in [0.05, 0.1) is 67.8 Å². The second-order valence-electron chi connectivity index (χ2n) is 39.7. The quantitative estimate of drug-likeness (QED) is 0.0205. The van der Waals surface area contributed by atoms with Crippen LogP contribution in [0.15, 0.2) is 259 Å². The third-order valence-electron chi connectivity index (χ3n) is 29.3. The summed E-state index contributed by atoms with van der Waals surface area (Å²) in [5, 5.41) is 79.3. The zero-order chi connectivity index (χ0) is 99.0. The third kappa shape index (κ3) is 26.2. The number of azo groups is 4. The van der Waals surface area contributed by atoms with E-state index in [-0.39, 0.29) is 50.2 Å². The molecule has 0 aromatic heterocycles. The molecule has 0 saturated heterocycles. The topological polar surface area (TPSA) is 254 Å². The normalized spacial score (nSPS) is 15.4. The molecule has 5 aliphatic rings. The summed E-state index contributed by atoms with van der Waals surface area (Å²) in [7, 11) is 0. The summed E-state index contributed by atoms with van der Waals surface area (Å²) in [6.45, 7) is 8.33. The lowest BCUT2D eigenvalue weighted by molar-refractivity contribution is 0.101. The van der Waals surface area contributed by atoms with Crippen LogP contribution in [-0.4, -0.2) is 47.6 Å². The highest BCUT2D eigenvalue weighted by Crippen LogP contribution is 2.63. The first-order valence-electron chi connectivity index (χ1n) is 54.1. The lowest BCUT2D eigenvalue weighted by Gasteiger charge is -2.38. The van der Waals surface area contributed by atoms with Gasteiger partial charge in [-0.3, -0.25) is 0 Å². The van der Waals surface area contributed by atoms with Gasteiger partial charge in [-0.05, 0) is 218 Å². The molecule has 8 bridgehead atoms. The number of benzene rings is 12. The molecule has 0 unspecified atom stereocenters. The number of hydrogen-bond acceptors (Lipinski definition) is 20. The molecule has 17 rings (SSSR count). The molecule has 12 aromatic rings. The van der Waals surface area contributed by atoms with Crippen LogP contribution in [0.4, 0.5) is 45.5 Å². The highest BCUT2D eigenvalue weighted by Gasteiger charge is 2.43. The van der Waals surface area contributed by atoms with Gasteiger partial charge in [0.1, 0.15) is 69.0 Å². The Morgan fingerprint density at radius 2 is 0.312 bits per heavy atom. The zero-order valence-corrected chi connectivity index (χ0v) is 84.8. The Hall–Kier alpha value is -13.4. The molecule has 0 amide bonds. The number of nitrogens with zero attached hydrogens (tertiary/aromatic N) is 8. The van der Waals surface area contributed by atoms with E-state index in [0.717, 1.165) is 217 Å². The van der Waals surface area contributed by atoms with E-state index < -0.39 is 23.7 Å². The molecule has 0 spiro atoms. The van der Waals surface area contributed by atoms with Gasteiger partial charge < -0.3 is 58.3 Å². The Morgan fingerprint density at radius 3 is 0.458 bits per heavy atom. The lowest BCUT2D eigenvalue weighted by atomic mass is 9.73. The summed E-state index contributed by atoms with van der Waals surface area (Å²) < 4.78 is 61.8. The first kappa shape index (κ1) is 102. The molecule has 4 N–H and O–H groups in total. The van der Waals surface area contributed by atoms with Crippen molar-refractivity contribution in [2.75, 3.05) is 27.2 Å². The Morgan fingerprint density at radius 1 is 0.181 bits per heavy atom. The molecule has 12 aromatic carbocycles. The van der Waals surface area contributed by atoms with Crippen molar-refractivity contribution in [3.63, 3.8) is 0 Å². The SMILES string of the molecule is CCCCCCCCCCCC1c2cc3c4c(-c5ccc(N=Nc6ccc(O)cc6)cc5)c2OCOc2c1cc1c(c2-c2ccc(N=Nc5ccc(O)cc5)cc2)OCOc2c(cc5c(c2-c2ccc(N=Nc6ccc(O)cc6)cc2)OCOc2c(cc(c(c2-c2ccc(N=Nc6ccc(O)cc6)cc2)OCO4)C3CCCCCCCCCCC)C5CCCCCCCCCCC)C1CCCCCCCCCCC. The zero-order valence-electron chi connectivity index (χ0n) is 84.8. The van der Waals surface area contributed by atoms with Crippen LogP contribution in [0.2, 0.25) is 0 Å². The van der Waals surface area contributed by atoms with E-state index in [1.807, 2.05) is 48.5 Å². The van der Waals surface area contributed by atoms with E-state index in [2.05, 4.69) is 121 Å². The Labute approximate surface area is 851 Å². The van der Waals surface area contributed by atoms with E-state index in [9.17, 15) is 20.4 Å². The van der Waals surface area contributed by atoms with Crippen LogP contribution in [0.3, 0.4) is 0 Å². The van der Waals surface area contributed by atoms with Gasteiger partial charge in [-0.2, -0.15) is 40.9 Å². The molecule has 752 valence electrons. The molecular formula is C124H144N8O12. The van der Waals surface area contributed by atoms with Gasteiger partial charge in [0.2, 0.25) is 27.2 Å². The van der Waals surface area contributed by atoms with Gasteiger partial charge in [0.15, 0.2) is 0 Å². The monoisotopic (exact) mass is 1940 g/mol. The summed E-state index contributed by atoms with van der Waals surface area (Å²) >= 11 is 0. The summed E-state index contributed by atoms with van der Waals surface area (Å²) in [5.41, 5.74) is 19.6. The Bertz CT molecular complexity index is 5380. The summed E-state index contributed by atoms with van der Waals surface area (Å²) in [6.07, 6.45) is 43.9. The molecule has 20 heteroatoms. The van der Waals surface area contributed by atoms with Crippen molar-refractivity contribution in [2.45, 2.75) is 308 Å². The smallest absolute Gasteiger partial charge is 0.230 e. The average Bonchev–Trinajstić information content (AvgIpc) is 0.711.